The smallest absolute Gasteiger partial charge is 0.163 e. The van der Waals surface area contributed by atoms with E-state index in [0.29, 0.717) is 0 Å². The topological polar surface area (TPSA) is 76.0 Å². The molecule has 5 unspecified atom stereocenters. The van der Waals surface area contributed by atoms with Crippen LogP contribution in [0.25, 0.3) is 0 Å². The summed E-state index contributed by atoms with van der Waals surface area (Å²) in [6, 6.07) is 0. The monoisotopic (exact) mass is 274 g/mol. The summed E-state index contributed by atoms with van der Waals surface area (Å²) in [4.78, 5) is 11.4. The minimum atomic E-state index is -0.736. The van der Waals surface area contributed by atoms with Gasteiger partial charge in [0, 0.05) is 25.4 Å². The fourth-order valence-corrected chi connectivity index (χ4v) is 3.01. The van der Waals surface area contributed by atoms with Crippen molar-refractivity contribution in [3.8, 4) is 0 Å². The summed E-state index contributed by atoms with van der Waals surface area (Å²) in [6.07, 6.45) is -1.66. The molecule has 0 aromatic heterocycles. The van der Waals surface area contributed by atoms with E-state index in [0.717, 1.165) is 0 Å². The maximum atomic E-state index is 11.4. The van der Waals surface area contributed by atoms with Gasteiger partial charge in [-0.1, -0.05) is 20.8 Å². The van der Waals surface area contributed by atoms with Crippen molar-refractivity contribution in [3.05, 3.63) is 0 Å². The first-order chi connectivity index (χ1) is 8.72. The maximum Gasteiger partial charge on any atom is 0.163 e. The average Bonchev–Trinajstić information content (AvgIpc) is 2.28. The van der Waals surface area contributed by atoms with E-state index in [1.165, 1.54) is 14.0 Å². The Morgan fingerprint density at radius 2 is 1.95 bits per heavy atom. The van der Waals surface area contributed by atoms with Gasteiger partial charge in [-0.15, -0.1) is 0 Å². The Morgan fingerprint density at radius 3 is 2.32 bits per heavy atom. The highest BCUT2D eigenvalue weighted by atomic mass is 16.7. The van der Waals surface area contributed by atoms with Crippen LogP contribution in [0.1, 0.15) is 34.1 Å². The van der Waals surface area contributed by atoms with Gasteiger partial charge in [-0.25, -0.2) is 0 Å². The molecule has 1 fully saturated rings. The molecule has 0 radical (unpaired) electrons. The zero-order valence-corrected chi connectivity index (χ0v) is 12.4. The summed E-state index contributed by atoms with van der Waals surface area (Å²) in [5.74, 6) is -0.646. The molecule has 0 saturated carbocycles. The first-order valence-electron chi connectivity index (χ1n) is 6.69. The molecule has 1 saturated heterocycles. The Hall–Kier alpha value is -0.490. The van der Waals surface area contributed by atoms with Crippen LogP contribution in [0.2, 0.25) is 0 Å². The highest BCUT2D eigenvalue weighted by molar-refractivity contribution is 5.75. The van der Waals surface area contributed by atoms with E-state index in [2.05, 4.69) is 0 Å². The highest BCUT2D eigenvalue weighted by Gasteiger charge is 2.49. The lowest BCUT2D eigenvalue weighted by atomic mass is 9.68. The number of aliphatic hydroxyl groups is 2. The van der Waals surface area contributed by atoms with Crippen LogP contribution in [0.3, 0.4) is 0 Å². The second-order valence-corrected chi connectivity index (χ2v) is 6.41. The molecule has 5 heteroatoms. The summed E-state index contributed by atoms with van der Waals surface area (Å²) in [7, 11) is 1.48. The molecule has 1 aliphatic rings. The van der Waals surface area contributed by atoms with E-state index in [-0.39, 0.29) is 30.1 Å². The van der Waals surface area contributed by atoms with Gasteiger partial charge >= 0.3 is 0 Å². The molecule has 0 spiro atoms. The van der Waals surface area contributed by atoms with E-state index in [9.17, 15) is 15.0 Å². The lowest BCUT2D eigenvalue weighted by Crippen LogP contribution is -2.57. The second kappa shape index (κ2) is 6.31. The molecular formula is C14H26O5. The van der Waals surface area contributed by atoms with Gasteiger partial charge in [0.05, 0.1) is 18.8 Å². The van der Waals surface area contributed by atoms with Crippen LogP contribution >= 0.6 is 0 Å². The summed E-state index contributed by atoms with van der Waals surface area (Å²) >= 11 is 0. The van der Waals surface area contributed by atoms with E-state index < -0.39 is 24.4 Å². The Labute approximate surface area is 114 Å². The predicted molar refractivity (Wildman–Crippen MR) is 70.5 cm³/mol. The first-order valence-corrected chi connectivity index (χ1v) is 6.69. The molecule has 112 valence electrons. The number of rotatable bonds is 4. The van der Waals surface area contributed by atoms with Gasteiger partial charge in [0.1, 0.15) is 5.78 Å². The van der Waals surface area contributed by atoms with Gasteiger partial charge in [-0.05, 0) is 12.3 Å². The number of methoxy groups -OCH3 is 1. The molecule has 0 aliphatic carbocycles. The van der Waals surface area contributed by atoms with Crippen molar-refractivity contribution >= 4 is 5.78 Å². The lowest BCUT2D eigenvalue weighted by Gasteiger charge is -2.48. The minimum absolute atomic E-state index is 0.00944. The van der Waals surface area contributed by atoms with Gasteiger partial charge < -0.3 is 24.5 Å². The van der Waals surface area contributed by atoms with Crippen molar-refractivity contribution < 1.29 is 24.5 Å². The van der Waals surface area contributed by atoms with Gasteiger partial charge in [0.25, 0.3) is 0 Å². The summed E-state index contributed by atoms with van der Waals surface area (Å²) < 4.78 is 10.9. The molecule has 0 bridgehead atoms. The van der Waals surface area contributed by atoms with Crippen LogP contribution in [0.5, 0.6) is 0 Å². The van der Waals surface area contributed by atoms with Crippen LogP contribution in [0.4, 0.5) is 0 Å². The molecule has 0 amide bonds. The Morgan fingerprint density at radius 1 is 1.37 bits per heavy atom. The second-order valence-electron chi connectivity index (χ2n) is 6.41. The fourth-order valence-electron chi connectivity index (χ4n) is 3.01. The molecule has 0 aromatic rings. The first kappa shape index (κ1) is 16.6. The van der Waals surface area contributed by atoms with Gasteiger partial charge in [0.2, 0.25) is 0 Å². The van der Waals surface area contributed by atoms with Gasteiger partial charge in [-0.2, -0.15) is 0 Å². The summed E-state index contributed by atoms with van der Waals surface area (Å²) in [5, 5.41) is 20.1. The van der Waals surface area contributed by atoms with Crippen LogP contribution in [-0.2, 0) is 14.3 Å². The lowest BCUT2D eigenvalue weighted by molar-refractivity contribution is -0.278. The largest absolute Gasteiger partial charge is 0.394 e. The zero-order chi connectivity index (χ0) is 14.8. The number of ketones is 1. The number of ether oxygens (including phenoxy) is 2. The van der Waals surface area contributed by atoms with Crippen molar-refractivity contribution in [2.24, 2.45) is 17.3 Å². The van der Waals surface area contributed by atoms with Gasteiger partial charge in [-0.3, -0.25) is 0 Å². The van der Waals surface area contributed by atoms with Crippen molar-refractivity contribution in [3.63, 3.8) is 0 Å². The van der Waals surface area contributed by atoms with Crippen LogP contribution < -0.4 is 0 Å². The molecule has 2 N–H and O–H groups in total. The molecule has 1 heterocycles. The number of Topliss-reactive ketones (excluding diaryl/α,β-unsaturated/α-hetero) is 1. The Balaban J connectivity index is 3.02. The number of carbonyl (C=O) groups is 1. The van der Waals surface area contributed by atoms with Crippen molar-refractivity contribution in [2.75, 3.05) is 13.7 Å². The quantitative estimate of drug-likeness (QED) is 0.799. The SMILES string of the molecule is COC1OC(CO)C(C(C)(C)C)C(O)C1CC(C)=O. The number of hydrogen-bond acceptors (Lipinski definition) is 5. The predicted octanol–water partition coefficient (Wildman–Crippen LogP) is 0.968. The number of carbonyl (C=O) groups excluding carboxylic acids is 1. The molecule has 5 atom stereocenters. The van der Waals surface area contributed by atoms with Crippen molar-refractivity contribution in [1.29, 1.82) is 0 Å². The third-order valence-electron chi connectivity index (χ3n) is 3.80. The van der Waals surface area contributed by atoms with E-state index in [4.69, 9.17) is 9.47 Å². The Bertz CT molecular complexity index is 309. The van der Waals surface area contributed by atoms with Crippen molar-refractivity contribution in [1.82, 2.24) is 0 Å². The maximum absolute atomic E-state index is 11.4. The standard InChI is InChI=1S/C14H26O5/c1-8(16)6-9-12(17)11(14(2,3)4)10(7-15)19-13(9)18-5/h9-13,15,17H,6-7H2,1-5H3. The third-order valence-corrected chi connectivity index (χ3v) is 3.80. The van der Waals surface area contributed by atoms with E-state index in [1.807, 2.05) is 20.8 Å². The normalized spacial score (nSPS) is 36.3. The van der Waals surface area contributed by atoms with Crippen LogP contribution in [0.15, 0.2) is 0 Å². The number of hydrogen-bond donors (Lipinski definition) is 2. The van der Waals surface area contributed by atoms with Crippen LogP contribution in [0, 0.1) is 17.3 Å². The van der Waals surface area contributed by atoms with Crippen LogP contribution in [-0.4, -0.2) is 48.2 Å². The molecule has 1 rings (SSSR count). The summed E-state index contributed by atoms with van der Waals surface area (Å²) in [6.45, 7) is 7.29. The minimum Gasteiger partial charge on any atom is -0.394 e. The molecule has 0 aromatic carbocycles. The number of aliphatic hydroxyl groups excluding tert-OH is 2. The summed E-state index contributed by atoms with van der Waals surface area (Å²) in [5.41, 5.74) is -0.236. The molecule has 5 nitrogen and oxygen atoms in total. The van der Waals surface area contributed by atoms with Gasteiger partial charge in [0.15, 0.2) is 6.29 Å². The highest BCUT2D eigenvalue weighted by Crippen LogP contribution is 2.42. The molecular weight excluding hydrogens is 248 g/mol. The van der Waals surface area contributed by atoms with E-state index in [1.54, 1.807) is 0 Å². The fraction of sp³-hybridized carbons (Fsp3) is 0.929. The Kier molecular flexibility index (Phi) is 5.50. The molecule has 1 aliphatic heterocycles. The van der Waals surface area contributed by atoms with Crippen molar-refractivity contribution in [2.45, 2.75) is 52.6 Å². The zero-order valence-electron chi connectivity index (χ0n) is 12.4. The molecule has 19 heavy (non-hydrogen) atoms. The average molecular weight is 274 g/mol. The third kappa shape index (κ3) is 3.75. The van der Waals surface area contributed by atoms with E-state index >= 15 is 0 Å².